The maximum Gasteiger partial charge on any atom is 0.251 e. The van der Waals surface area contributed by atoms with E-state index in [9.17, 15) is 14.4 Å². The molecule has 0 unspecified atom stereocenters. The Hall–Kier alpha value is -2.37. The molecule has 1 rings (SSSR count). The molecule has 0 saturated heterocycles. The predicted octanol–water partition coefficient (Wildman–Crippen LogP) is 2.13. The SMILES string of the molecule is CC(=O)Nc1ccc(C(=O)NC(C)(C)C)cc1NC(C)=O. The summed E-state index contributed by atoms with van der Waals surface area (Å²) in [5.41, 5.74) is 0.883. The number of carbonyl (C=O) groups excluding carboxylic acids is 3. The second kappa shape index (κ2) is 6.39. The van der Waals surface area contributed by atoms with Crippen LogP contribution in [0.4, 0.5) is 11.4 Å². The number of benzene rings is 1. The van der Waals surface area contributed by atoms with Gasteiger partial charge >= 0.3 is 0 Å². The Labute approximate surface area is 124 Å². The minimum absolute atomic E-state index is 0.247. The summed E-state index contributed by atoms with van der Waals surface area (Å²) in [6.45, 7) is 8.37. The molecule has 1 aromatic rings. The molecule has 0 bridgehead atoms. The van der Waals surface area contributed by atoms with Crippen LogP contribution in [-0.2, 0) is 9.59 Å². The van der Waals surface area contributed by atoms with Crippen LogP contribution >= 0.6 is 0 Å². The summed E-state index contributed by atoms with van der Waals surface area (Å²) >= 11 is 0. The molecular formula is C15H21N3O3. The predicted molar refractivity (Wildman–Crippen MR) is 82.3 cm³/mol. The first-order valence-electron chi connectivity index (χ1n) is 6.60. The van der Waals surface area contributed by atoms with E-state index in [4.69, 9.17) is 0 Å². The summed E-state index contributed by atoms with van der Waals surface area (Å²) < 4.78 is 0. The van der Waals surface area contributed by atoms with Gasteiger partial charge in [0.1, 0.15) is 0 Å². The van der Waals surface area contributed by atoms with Gasteiger partial charge in [-0.1, -0.05) is 0 Å². The molecule has 3 amide bonds. The van der Waals surface area contributed by atoms with Crippen LogP contribution in [0.25, 0.3) is 0 Å². The molecule has 1 aromatic carbocycles. The second-order valence-corrected chi connectivity index (χ2v) is 5.83. The number of nitrogens with one attached hydrogen (secondary N) is 3. The van der Waals surface area contributed by atoms with Crippen molar-refractivity contribution in [3.05, 3.63) is 23.8 Å². The molecule has 6 heteroatoms. The normalized spacial score (nSPS) is 10.7. The quantitative estimate of drug-likeness (QED) is 0.797. The molecule has 0 fully saturated rings. The Bertz CT molecular complexity index is 574. The third-order valence-corrected chi connectivity index (χ3v) is 2.39. The van der Waals surface area contributed by atoms with Crippen LogP contribution in [0.5, 0.6) is 0 Å². The number of amides is 3. The molecule has 0 aliphatic rings. The molecule has 0 saturated carbocycles. The number of hydrogen-bond acceptors (Lipinski definition) is 3. The van der Waals surface area contributed by atoms with E-state index in [0.29, 0.717) is 16.9 Å². The summed E-state index contributed by atoms with van der Waals surface area (Å²) in [5.74, 6) is -0.785. The lowest BCUT2D eigenvalue weighted by atomic mass is 10.1. The van der Waals surface area contributed by atoms with Crippen molar-refractivity contribution in [1.82, 2.24) is 5.32 Å². The highest BCUT2D eigenvalue weighted by Gasteiger charge is 2.17. The summed E-state index contributed by atoms with van der Waals surface area (Å²) in [4.78, 5) is 34.5. The van der Waals surface area contributed by atoms with Crippen molar-refractivity contribution in [2.24, 2.45) is 0 Å². The number of carbonyl (C=O) groups is 3. The molecule has 0 spiro atoms. The van der Waals surface area contributed by atoms with Crippen molar-refractivity contribution >= 4 is 29.1 Å². The zero-order chi connectivity index (χ0) is 16.2. The largest absolute Gasteiger partial charge is 0.347 e. The number of hydrogen-bond donors (Lipinski definition) is 3. The third kappa shape index (κ3) is 5.64. The topological polar surface area (TPSA) is 87.3 Å². The van der Waals surface area contributed by atoms with Crippen LogP contribution in [0.2, 0.25) is 0 Å². The van der Waals surface area contributed by atoms with Crippen molar-refractivity contribution in [2.45, 2.75) is 40.2 Å². The Morgan fingerprint density at radius 2 is 1.43 bits per heavy atom. The monoisotopic (exact) mass is 291 g/mol. The molecule has 114 valence electrons. The van der Waals surface area contributed by atoms with E-state index in [2.05, 4.69) is 16.0 Å². The van der Waals surface area contributed by atoms with Crippen LogP contribution in [0, 0.1) is 0 Å². The van der Waals surface area contributed by atoms with Crippen molar-refractivity contribution in [2.75, 3.05) is 10.6 Å². The van der Waals surface area contributed by atoms with Gasteiger partial charge in [0.05, 0.1) is 11.4 Å². The van der Waals surface area contributed by atoms with E-state index in [1.807, 2.05) is 20.8 Å². The Balaban J connectivity index is 3.11. The number of rotatable bonds is 3. The molecule has 3 N–H and O–H groups in total. The van der Waals surface area contributed by atoms with Crippen LogP contribution in [0.3, 0.4) is 0 Å². The highest BCUT2D eigenvalue weighted by Crippen LogP contribution is 2.23. The van der Waals surface area contributed by atoms with E-state index in [1.54, 1.807) is 12.1 Å². The van der Waals surface area contributed by atoms with Gasteiger partial charge in [-0.05, 0) is 39.0 Å². The molecule has 0 aliphatic carbocycles. The summed E-state index contributed by atoms with van der Waals surface area (Å²) in [5, 5.41) is 8.05. The first-order chi connectivity index (χ1) is 9.58. The van der Waals surface area contributed by atoms with Crippen LogP contribution < -0.4 is 16.0 Å². The Morgan fingerprint density at radius 3 is 1.90 bits per heavy atom. The Kier molecular flexibility index (Phi) is 5.07. The van der Waals surface area contributed by atoms with Gasteiger partial charge in [0.2, 0.25) is 11.8 Å². The van der Waals surface area contributed by atoms with Gasteiger partial charge < -0.3 is 16.0 Å². The first-order valence-corrected chi connectivity index (χ1v) is 6.60. The summed E-state index contributed by atoms with van der Waals surface area (Å²) in [6.07, 6.45) is 0. The maximum atomic E-state index is 12.1. The highest BCUT2D eigenvalue weighted by molar-refractivity contribution is 6.02. The fraction of sp³-hybridized carbons (Fsp3) is 0.400. The van der Waals surface area contributed by atoms with E-state index in [-0.39, 0.29) is 23.3 Å². The van der Waals surface area contributed by atoms with Crippen molar-refractivity contribution in [3.63, 3.8) is 0 Å². The molecule has 0 aromatic heterocycles. The number of anilines is 2. The van der Waals surface area contributed by atoms with Gasteiger partial charge in [0, 0.05) is 24.9 Å². The van der Waals surface area contributed by atoms with Crippen molar-refractivity contribution in [3.8, 4) is 0 Å². The van der Waals surface area contributed by atoms with Gasteiger partial charge in [-0.3, -0.25) is 14.4 Å². The minimum atomic E-state index is -0.360. The zero-order valence-corrected chi connectivity index (χ0v) is 13.0. The fourth-order valence-electron chi connectivity index (χ4n) is 1.69. The molecule has 0 radical (unpaired) electrons. The van der Waals surface area contributed by atoms with Crippen LogP contribution in [-0.4, -0.2) is 23.3 Å². The minimum Gasteiger partial charge on any atom is -0.347 e. The lowest BCUT2D eigenvalue weighted by molar-refractivity contribution is -0.115. The van der Waals surface area contributed by atoms with Gasteiger partial charge in [-0.2, -0.15) is 0 Å². The van der Waals surface area contributed by atoms with E-state index in [0.717, 1.165) is 0 Å². The third-order valence-electron chi connectivity index (χ3n) is 2.39. The first kappa shape index (κ1) is 16.7. The van der Waals surface area contributed by atoms with E-state index in [1.165, 1.54) is 19.9 Å². The second-order valence-electron chi connectivity index (χ2n) is 5.83. The molecule has 0 atom stereocenters. The van der Waals surface area contributed by atoms with Gasteiger partial charge in [-0.15, -0.1) is 0 Å². The van der Waals surface area contributed by atoms with E-state index < -0.39 is 0 Å². The molecular weight excluding hydrogens is 270 g/mol. The average Bonchev–Trinajstić information content (AvgIpc) is 2.27. The fourth-order valence-corrected chi connectivity index (χ4v) is 1.69. The molecule has 0 heterocycles. The lowest BCUT2D eigenvalue weighted by Crippen LogP contribution is -2.40. The average molecular weight is 291 g/mol. The Morgan fingerprint density at radius 1 is 0.905 bits per heavy atom. The van der Waals surface area contributed by atoms with Crippen molar-refractivity contribution in [1.29, 1.82) is 0 Å². The smallest absolute Gasteiger partial charge is 0.251 e. The highest BCUT2D eigenvalue weighted by atomic mass is 16.2. The van der Waals surface area contributed by atoms with Gasteiger partial charge in [0.15, 0.2) is 0 Å². The maximum absolute atomic E-state index is 12.1. The standard InChI is InChI=1S/C15H21N3O3/c1-9(19)16-12-7-6-11(8-13(12)17-10(2)20)14(21)18-15(3,4)5/h6-8H,1-5H3,(H,16,19)(H,17,20)(H,18,21). The van der Waals surface area contributed by atoms with Gasteiger partial charge in [-0.25, -0.2) is 0 Å². The zero-order valence-electron chi connectivity index (χ0n) is 13.0. The molecule has 0 aliphatic heterocycles. The van der Waals surface area contributed by atoms with Gasteiger partial charge in [0.25, 0.3) is 5.91 Å². The van der Waals surface area contributed by atoms with E-state index >= 15 is 0 Å². The summed E-state index contributed by atoms with van der Waals surface area (Å²) in [7, 11) is 0. The summed E-state index contributed by atoms with van der Waals surface area (Å²) in [6, 6.07) is 4.72. The van der Waals surface area contributed by atoms with Crippen molar-refractivity contribution < 1.29 is 14.4 Å². The van der Waals surface area contributed by atoms with Crippen LogP contribution in [0.1, 0.15) is 45.0 Å². The molecule has 6 nitrogen and oxygen atoms in total. The van der Waals surface area contributed by atoms with Crippen LogP contribution in [0.15, 0.2) is 18.2 Å². The molecule has 21 heavy (non-hydrogen) atoms. The lowest BCUT2D eigenvalue weighted by Gasteiger charge is -2.21.